The summed E-state index contributed by atoms with van der Waals surface area (Å²) in [6.45, 7) is 1.99. The van der Waals surface area contributed by atoms with Crippen LogP contribution in [0.5, 0.6) is 0 Å². The standard InChI is InChI=1S/C22H20Cl2FN5O/c1-11(31)17-16(26)3-2-14(20(17)25)15-8-27-21-18(19(15)24)22(10-28-21)5-4-13(6-22)30-9-12(23)7-29-30/h2-3,7-9,13H,4-6,10,26H2,1H3,(H,27,28). The largest absolute Gasteiger partial charge is 0.398 e. The number of carbonyl (C=O) groups excluding carboxylic acids is 1. The predicted molar refractivity (Wildman–Crippen MR) is 119 cm³/mol. The summed E-state index contributed by atoms with van der Waals surface area (Å²) in [6, 6.07) is 3.27. The topological polar surface area (TPSA) is 85.8 Å². The van der Waals surface area contributed by atoms with Gasteiger partial charge < -0.3 is 11.1 Å². The Bertz CT molecular complexity index is 1230. The van der Waals surface area contributed by atoms with Gasteiger partial charge in [-0.15, -0.1) is 0 Å². The number of nitrogens with one attached hydrogen (secondary N) is 1. The minimum absolute atomic E-state index is 0.105. The Kier molecular flexibility index (Phi) is 4.71. The zero-order chi connectivity index (χ0) is 21.9. The van der Waals surface area contributed by atoms with E-state index in [-0.39, 0.29) is 28.3 Å². The van der Waals surface area contributed by atoms with Crippen molar-refractivity contribution in [2.75, 3.05) is 17.6 Å². The van der Waals surface area contributed by atoms with E-state index in [4.69, 9.17) is 28.9 Å². The lowest BCUT2D eigenvalue weighted by molar-refractivity contribution is 0.101. The van der Waals surface area contributed by atoms with Crippen molar-refractivity contribution in [3.63, 3.8) is 0 Å². The number of Topliss-reactive ketones (excluding diaryl/α,β-unsaturated/α-hetero) is 1. The molecule has 160 valence electrons. The maximum Gasteiger partial charge on any atom is 0.164 e. The van der Waals surface area contributed by atoms with E-state index in [0.29, 0.717) is 22.2 Å². The molecule has 2 aliphatic rings. The molecule has 2 unspecified atom stereocenters. The van der Waals surface area contributed by atoms with Gasteiger partial charge in [-0.05, 0) is 38.3 Å². The second-order valence-corrected chi connectivity index (χ2v) is 9.14. The molecule has 1 aromatic carbocycles. The smallest absolute Gasteiger partial charge is 0.164 e. The number of nitrogens with two attached hydrogens (primary N) is 1. The van der Waals surface area contributed by atoms with Crippen molar-refractivity contribution < 1.29 is 9.18 Å². The first-order valence-electron chi connectivity index (χ1n) is 10.0. The summed E-state index contributed by atoms with van der Waals surface area (Å²) >= 11 is 12.9. The molecule has 9 heteroatoms. The summed E-state index contributed by atoms with van der Waals surface area (Å²) in [5.41, 5.74) is 7.14. The summed E-state index contributed by atoms with van der Waals surface area (Å²) < 4.78 is 17.1. The molecule has 31 heavy (non-hydrogen) atoms. The van der Waals surface area contributed by atoms with Crippen LogP contribution in [-0.2, 0) is 5.41 Å². The third-order valence-corrected chi connectivity index (χ3v) is 7.07. The zero-order valence-electron chi connectivity index (χ0n) is 16.8. The highest BCUT2D eigenvalue weighted by molar-refractivity contribution is 6.34. The number of halogens is 3. The summed E-state index contributed by atoms with van der Waals surface area (Å²) in [5.74, 6) is -0.390. The van der Waals surface area contributed by atoms with Gasteiger partial charge in [0.25, 0.3) is 0 Å². The van der Waals surface area contributed by atoms with Gasteiger partial charge in [0.2, 0.25) is 0 Å². The molecule has 2 atom stereocenters. The molecule has 1 aliphatic heterocycles. The number of nitrogen functional groups attached to an aromatic ring is 1. The van der Waals surface area contributed by atoms with Crippen molar-refractivity contribution >= 4 is 40.5 Å². The number of aromatic nitrogens is 3. The minimum Gasteiger partial charge on any atom is -0.398 e. The molecule has 3 aromatic rings. The van der Waals surface area contributed by atoms with Crippen molar-refractivity contribution in [1.29, 1.82) is 0 Å². The lowest BCUT2D eigenvalue weighted by Crippen LogP contribution is -2.26. The number of fused-ring (bicyclic) bond motifs is 2. The van der Waals surface area contributed by atoms with Crippen LogP contribution in [0, 0.1) is 5.82 Å². The van der Waals surface area contributed by atoms with Gasteiger partial charge >= 0.3 is 0 Å². The lowest BCUT2D eigenvalue weighted by Gasteiger charge is -2.25. The van der Waals surface area contributed by atoms with E-state index in [9.17, 15) is 4.79 Å². The number of nitrogens with zero attached hydrogens (tertiary/aromatic N) is 3. The second-order valence-electron chi connectivity index (χ2n) is 8.33. The fourth-order valence-electron chi connectivity index (χ4n) is 5.02. The summed E-state index contributed by atoms with van der Waals surface area (Å²) in [5, 5.41) is 8.78. The molecule has 0 bridgehead atoms. The van der Waals surface area contributed by atoms with Crippen LogP contribution in [0.15, 0.2) is 30.7 Å². The lowest BCUT2D eigenvalue weighted by atomic mass is 9.80. The molecular weight excluding hydrogens is 440 g/mol. The van der Waals surface area contributed by atoms with Crippen LogP contribution in [0.3, 0.4) is 0 Å². The Labute approximate surface area is 188 Å². The molecule has 0 radical (unpaired) electrons. The number of hydrogen-bond donors (Lipinski definition) is 2. The minimum atomic E-state index is -0.674. The fourth-order valence-corrected chi connectivity index (χ4v) is 5.60. The molecular formula is C22H20Cl2FN5O. The normalized spacial score (nSPS) is 22.0. The quantitative estimate of drug-likeness (QED) is 0.411. The third kappa shape index (κ3) is 3.10. The Morgan fingerprint density at radius 3 is 2.84 bits per heavy atom. The maximum atomic E-state index is 15.2. The number of benzene rings is 1. The average Bonchev–Trinajstić information content (AvgIpc) is 3.43. The van der Waals surface area contributed by atoms with E-state index in [0.717, 1.165) is 30.6 Å². The Morgan fingerprint density at radius 1 is 1.32 bits per heavy atom. The molecule has 2 aromatic heterocycles. The van der Waals surface area contributed by atoms with Gasteiger partial charge in [0.05, 0.1) is 27.8 Å². The summed E-state index contributed by atoms with van der Waals surface area (Å²) in [4.78, 5) is 16.5. The van der Waals surface area contributed by atoms with Gasteiger partial charge in [-0.25, -0.2) is 9.37 Å². The number of carbonyl (C=O) groups is 1. The molecule has 1 aliphatic carbocycles. The van der Waals surface area contributed by atoms with Crippen LogP contribution in [0.25, 0.3) is 11.1 Å². The SMILES string of the molecule is CC(=O)c1c(N)ccc(-c2cnc3c(c2Cl)C2(CCC(n4cc(Cl)cn4)C2)CN3)c1F. The Balaban J connectivity index is 1.59. The van der Waals surface area contributed by atoms with E-state index >= 15 is 4.39 Å². The highest BCUT2D eigenvalue weighted by Crippen LogP contribution is 2.54. The van der Waals surface area contributed by atoms with E-state index in [1.54, 1.807) is 18.5 Å². The molecule has 0 saturated heterocycles. The summed E-state index contributed by atoms with van der Waals surface area (Å²) in [7, 11) is 0. The van der Waals surface area contributed by atoms with E-state index in [2.05, 4.69) is 15.4 Å². The van der Waals surface area contributed by atoms with Crippen LogP contribution in [0.1, 0.15) is 48.1 Å². The van der Waals surface area contributed by atoms with Crippen LogP contribution in [-0.4, -0.2) is 27.1 Å². The fraction of sp³-hybridized carbons (Fsp3) is 0.318. The number of rotatable bonds is 3. The first-order valence-corrected chi connectivity index (χ1v) is 10.8. The number of ketones is 1. The van der Waals surface area contributed by atoms with Crippen molar-refractivity contribution in [3.05, 3.63) is 57.7 Å². The van der Waals surface area contributed by atoms with Crippen molar-refractivity contribution in [3.8, 4) is 11.1 Å². The highest BCUT2D eigenvalue weighted by Gasteiger charge is 2.48. The zero-order valence-corrected chi connectivity index (χ0v) is 18.3. The van der Waals surface area contributed by atoms with Gasteiger partial charge in [0, 0.05) is 46.7 Å². The molecule has 6 nitrogen and oxygen atoms in total. The maximum absolute atomic E-state index is 15.2. The summed E-state index contributed by atoms with van der Waals surface area (Å²) in [6.07, 6.45) is 7.64. The molecule has 3 heterocycles. The molecule has 3 N–H and O–H groups in total. The third-order valence-electron chi connectivity index (χ3n) is 6.48. The highest BCUT2D eigenvalue weighted by atomic mass is 35.5. The van der Waals surface area contributed by atoms with Crippen LogP contribution < -0.4 is 11.1 Å². The van der Waals surface area contributed by atoms with Crippen molar-refractivity contribution in [1.82, 2.24) is 14.8 Å². The second kappa shape index (κ2) is 7.21. The van der Waals surface area contributed by atoms with E-state index < -0.39 is 11.6 Å². The average molecular weight is 460 g/mol. The Hall–Kier alpha value is -2.64. The molecule has 1 spiro atoms. The van der Waals surface area contributed by atoms with Gasteiger partial charge in [0.1, 0.15) is 11.6 Å². The van der Waals surface area contributed by atoms with Crippen LogP contribution >= 0.6 is 23.2 Å². The number of anilines is 2. The van der Waals surface area contributed by atoms with Crippen molar-refractivity contribution in [2.45, 2.75) is 37.6 Å². The first kappa shape index (κ1) is 20.3. The van der Waals surface area contributed by atoms with Gasteiger partial charge in [-0.2, -0.15) is 5.10 Å². The van der Waals surface area contributed by atoms with E-state index in [1.807, 2.05) is 10.9 Å². The Morgan fingerprint density at radius 2 is 2.13 bits per heavy atom. The molecule has 1 saturated carbocycles. The molecule has 0 amide bonds. The van der Waals surface area contributed by atoms with Gasteiger partial charge in [0.15, 0.2) is 5.78 Å². The van der Waals surface area contributed by atoms with Crippen molar-refractivity contribution in [2.24, 2.45) is 0 Å². The van der Waals surface area contributed by atoms with Gasteiger partial charge in [-0.1, -0.05) is 23.2 Å². The predicted octanol–water partition coefficient (Wildman–Crippen LogP) is 5.26. The first-order chi connectivity index (χ1) is 14.8. The number of hydrogen-bond acceptors (Lipinski definition) is 5. The van der Waals surface area contributed by atoms with Crippen LogP contribution in [0.2, 0.25) is 10.0 Å². The number of pyridine rings is 1. The van der Waals surface area contributed by atoms with Gasteiger partial charge in [-0.3, -0.25) is 9.48 Å². The van der Waals surface area contributed by atoms with E-state index in [1.165, 1.54) is 13.0 Å². The molecule has 1 fully saturated rings. The monoisotopic (exact) mass is 459 g/mol. The van der Waals surface area contributed by atoms with Crippen LogP contribution in [0.4, 0.5) is 15.9 Å². The molecule has 5 rings (SSSR count).